The zero-order valence-electron chi connectivity index (χ0n) is 10.6. The Labute approximate surface area is 116 Å². The second-order valence-electron chi connectivity index (χ2n) is 4.13. The molecular weight excluding hydrogens is 290 g/mol. The molecule has 0 heterocycles. The Kier molecular flexibility index (Phi) is 5.17. The van der Waals surface area contributed by atoms with Crippen LogP contribution in [0.4, 0.5) is 0 Å². The first-order valence-electron chi connectivity index (χ1n) is 6.27. The van der Waals surface area contributed by atoms with Gasteiger partial charge in [-0.3, -0.25) is 0 Å². The maximum atomic E-state index is 5.31. The Bertz CT molecular complexity index is 513. The predicted molar refractivity (Wildman–Crippen MR) is 79.8 cm³/mol. The third kappa shape index (κ3) is 3.31. The summed E-state index contributed by atoms with van der Waals surface area (Å²) in [5.74, 6) is 0. The van der Waals surface area contributed by atoms with Gasteiger partial charge in [0.15, 0.2) is 0 Å². The topological polar surface area (TPSA) is 21.3 Å². The lowest BCUT2D eigenvalue weighted by atomic mass is 10.0. The van der Waals surface area contributed by atoms with E-state index in [1.54, 1.807) is 0 Å². The number of benzene rings is 2. The van der Waals surface area contributed by atoms with Crippen molar-refractivity contribution in [2.75, 3.05) is 19.8 Å². The summed E-state index contributed by atoms with van der Waals surface area (Å²) in [6.07, 6.45) is 0. The van der Waals surface area contributed by atoms with E-state index >= 15 is 0 Å². The van der Waals surface area contributed by atoms with Gasteiger partial charge in [-0.2, -0.15) is 0 Å². The standard InChI is InChI=1S/C15H18BrNO/c1-2-18-10-9-17-11-12-7-8-15(16)14-6-4-3-5-13(12)14/h3-8,17H,2,9-11H2,1H3. The predicted octanol–water partition coefficient (Wildman–Crippen LogP) is 3.73. The molecule has 0 unspecified atom stereocenters. The number of hydrogen-bond donors (Lipinski definition) is 1. The lowest BCUT2D eigenvalue weighted by Gasteiger charge is -2.09. The first-order valence-corrected chi connectivity index (χ1v) is 7.07. The monoisotopic (exact) mass is 307 g/mol. The molecule has 0 saturated heterocycles. The third-order valence-corrected chi connectivity index (χ3v) is 3.60. The summed E-state index contributed by atoms with van der Waals surface area (Å²) in [6, 6.07) is 12.7. The van der Waals surface area contributed by atoms with Crippen LogP contribution in [0.1, 0.15) is 12.5 Å². The number of hydrogen-bond acceptors (Lipinski definition) is 2. The normalized spacial score (nSPS) is 11.0. The Morgan fingerprint density at radius 1 is 1.11 bits per heavy atom. The molecule has 0 saturated carbocycles. The molecule has 2 aromatic rings. The molecule has 3 heteroatoms. The number of nitrogens with one attached hydrogen (secondary N) is 1. The van der Waals surface area contributed by atoms with E-state index < -0.39 is 0 Å². The lowest BCUT2D eigenvalue weighted by Crippen LogP contribution is -2.19. The van der Waals surface area contributed by atoms with Gasteiger partial charge in [-0.1, -0.05) is 46.3 Å². The Hall–Kier alpha value is -0.900. The average molecular weight is 308 g/mol. The molecule has 18 heavy (non-hydrogen) atoms. The number of rotatable bonds is 6. The van der Waals surface area contributed by atoms with E-state index in [9.17, 15) is 0 Å². The van der Waals surface area contributed by atoms with Gasteiger partial charge >= 0.3 is 0 Å². The highest BCUT2D eigenvalue weighted by molar-refractivity contribution is 9.10. The summed E-state index contributed by atoms with van der Waals surface area (Å²) in [4.78, 5) is 0. The van der Waals surface area contributed by atoms with E-state index in [0.717, 1.165) is 30.8 Å². The molecule has 0 aliphatic rings. The molecule has 2 rings (SSSR count). The van der Waals surface area contributed by atoms with Gasteiger partial charge in [0.05, 0.1) is 6.61 Å². The molecule has 0 atom stereocenters. The van der Waals surface area contributed by atoms with E-state index in [-0.39, 0.29) is 0 Å². The molecule has 2 nitrogen and oxygen atoms in total. The lowest BCUT2D eigenvalue weighted by molar-refractivity contribution is 0.149. The van der Waals surface area contributed by atoms with E-state index in [4.69, 9.17) is 4.74 Å². The van der Waals surface area contributed by atoms with Crippen LogP contribution in [-0.2, 0) is 11.3 Å². The van der Waals surface area contributed by atoms with E-state index in [1.807, 2.05) is 6.92 Å². The maximum Gasteiger partial charge on any atom is 0.0590 e. The molecule has 0 radical (unpaired) electrons. The van der Waals surface area contributed by atoms with Gasteiger partial charge < -0.3 is 10.1 Å². The number of ether oxygens (including phenoxy) is 1. The zero-order valence-corrected chi connectivity index (χ0v) is 12.2. The van der Waals surface area contributed by atoms with Crippen LogP contribution in [0.5, 0.6) is 0 Å². The van der Waals surface area contributed by atoms with Crippen LogP contribution < -0.4 is 5.32 Å². The van der Waals surface area contributed by atoms with Crippen molar-refractivity contribution in [2.24, 2.45) is 0 Å². The van der Waals surface area contributed by atoms with Crippen molar-refractivity contribution in [3.8, 4) is 0 Å². The summed E-state index contributed by atoms with van der Waals surface area (Å²) < 4.78 is 6.46. The van der Waals surface area contributed by atoms with Crippen molar-refractivity contribution >= 4 is 26.7 Å². The Morgan fingerprint density at radius 3 is 2.67 bits per heavy atom. The van der Waals surface area contributed by atoms with Crippen LogP contribution >= 0.6 is 15.9 Å². The van der Waals surface area contributed by atoms with Gasteiger partial charge in [-0.15, -0.1) is 0 Å². The summed E-state index contributed by atoms with van der Waals surface area (Å²) in [5, 5.41) is 5.97. The van der Waals surface area contributed by atoms with E-state index in [0.29, 0.717) is 0 Å². The van der Waals surface area contributed by atoms with Crippen LogP contribution in [0.2, 0.25) is 0 Å². The summed E-state index contributed by atoms with van der Waals surface area (Å²) in [6.45, 7) is 5.33. The highest BCUT2D eigenvalue weighted by atomic mass is 79.9. The first kappa shape index (κ1) is 13.5. The van der Waals surface area contributed by atoms with E-state index in [2.05, 4.69) is 57.6 Å². The van der Waals surface area contributed by atoms with Crippen LogP contribution in [0.15, 0.2) is 40.9 Å². The summed E-state index contributed by atoms with van der Waals surface area (Å²) in [7, 11) is 0. The summed E-state index contributed by atoms with van der Waals surface area (Å²) in [5.41, 5.74) is 1.32. The Morgan fingerprint density at radius 2 is 1.89 bits per heavy atom. The highest BCUT2D eigenvalue weighted by Gasteiger charge is 2.03. The molecule has 0 aliphatic carbocycles. The molecule has 1 N–H and O–H groups in total. The number of halogens is 1. The largest absolute Gasteiger partial charge is 0.380 e. The van der Waals surface area contributed by atoms with Crippen LogP contribution in [0.3, 0.4) is 0 Å². The van der Waals surface area contributed by atoms with Crippen molar-refractivity contribution in [3.63, 3.8) is 0 Å². The van der Waals surface area contributed by atoms with Crippen molar-refractivity contribution < 1.29 is 4.74 Å². The van der Waals surface area contributed by atoms with Gasteiger partial charge in [0, 0.05) is 24.2 Å². The molecule has 2 aromatic carbocycles. The van der Waals surface area contributed by atoms with E-state index in [1.165, 1.54) is 16.3 Å². The van der Waals surface area contributed by atoms with Gasteiger partial charge in [-0.05, 0) is 29.3 Å². The SMILES string of the molecule is CCOCCNCc1ccc(Br)c2ccccc12. The molecule has 0 amide bonds. The fraction of sp³-hybridized carbons (Fsp3) is 0.333. The molecule has 0 aromatic heterocycles. The van der Waals surface area contributed by atoms with Crippen molar-refractivity contribution in [1.82, 2.24) is 5.32 Å². The molecule has 0 bridgehead atoms. The fourth-order valence-electron chi connectivity index (χ4n) is 1.99. The third-order valence-electron chi connectivity index (χ3n) is 2.90. The van der Waals surface area contributed by atoms with Crippen LogP contribution in [0, 0.1) is 0 Å². The molecule has 96 valence electrons. The zero-order chi connectivity index (χ0) is 12.8. The van der Waals surface area contributed by atoms with Crippen LogP contribution in [0.25, 0.3) is 10.8 Å². The van der Waals surface area contributed by atoms with Crippen LogP contribution in [-0.4, -0.2) is 19.8 Å². The second-order valence-corrected chi connectivity index (χ2v) is 4.98. The minimum atomic E-state index is 0.769. The molecular formula is C15H18BrNO. The minimum Gasteiger partial charge on any atom is -0.380 e. The molecule has 0 spiro atoms. The van der Waals surface area contributed by atoms with Gasteiger partial charge in [0.1, 0.15) is 0 Å². The second kappa shape index (κ2) is 6.88. The maximum absolute atomic E-state index is 5.31. The van der Waals surface area contributed by atoms with Gasteiger partial charge in [-0.25, -0.2) is 0 Å². The van der Waals surface area contributed by atoms with Gasteiger partial charge in [0.25, 0.3) is 0 Å². The summed E-state index contributed by atoms with van der Waals surface area (Å²) >= 11 is 3.59. The van der Waals surface area contributed by atoms with Crippen molar-refractivity contribution in [1.29, 1.82) is 0 Å². The molecule has 0 fully saturated rings. The Balaban J connectivity index is 2.07. The quantitative estimate of drug-likeness (QED) is 0.821. The smallest absolute Gasteiger partial charge is 0.0590 e. The van der Waals surface area contributed by atoms with Crippen molar-refractivity contribution in [3.05, 3.63) is 46.4 Å². The highest BCUT2D eigenvalue weighted by Crippen LogP contribution is 2.26. The fourth-order valence-corrected chi connectivity index (χ4v) is 2.47. The average Bonchev–Trinajstić information content (AvgIpc) is 2.41. The minimum absolute atomic E-state index is 0.769. The van der Waals surface area contributed by atoms with Crippen molar-refractivity contribution in [2.45, 2.75) is 13.5 Å². The molecule has 0 aliphatic heterocycles. The number of fused-ring (bicyclic) bond motifs is 1. The first-order chi connectivity index (χ1) is 8.83. The van der Waals surface area contributed by atoms with Gasteiger partial charge in [0.2, 0.25) is 0 Å².